The average molecular weight is 372 g/mol. The first-order chi connectivity index (χ1) is 12.1. The minimum Gasteiger partial charge on any atom is -0.487 e. The van der Waals surface area contributed by atoms with Crippen LogP contribution in [0.15, 0.2) is 66.7 Å². The van der Waals surface area contributed by atoms with Gasteiger partial charge in [0.15, 0.2) is 0 Å². The molecule has 0 radical (unpaired) electrons. The van der Waals surface area contributed by atoms with E-state index in [-0.39, 0.29) is 0 Å². The van der Waals surface area contributed by atoms with E-state index in [4.69, 9.17) is 27.9 Å². The molecule has 0 saturated heterocycles. The number of halogens is 2. The molecule has 3 aromatic carbocycles. The number of nitrogens with one attached hydrogen (secondary N) is 1. The van der Waals surface area contributed by atoms with Gasteiger partial charge in [0.25, 0.3) is 0 Å². The molecule has 3 rings (SSSR count). The summed E-state index contributed by atoms with van der Waals surface area (Å²) in [5.41, 5.74) is 4.28. The lowest BCUT2D eigenvalue weighted by molar-refractivity contribution is 0.303. The fraction of sp³-hybridized carbons (Fsp3) is 0.143. The molecule has 0 unspecified atom stereocenters. The monoisotopic (exact) mass is 371 g/mol. The summed E-state index contributed by atoms with van der Waals surface area (Å²) in [6.07, 6.45) is 0. The predicted octanol–water partition coefficient (Wildman–Crippen LogP) is 6.49. The number of hydrogen-bond acceptors (Lipinski definition) is 2. The third-order valence-corrected chi connectivity index (χ3v) is 4.42. The quantitative estimate of drug-likeness (QED) is 0.534. The maximum atomic E-state index is 6.38. The summed E-state index contributed by atoms with van der Waals surface area (Å²) < 4.78 is 6.00. The van der Waals surface area contributed by atoms with E-state index >= 15 is 0 Å². The Labute approximate surface area is 158 Å². The standard InChI is InChI=1S/C21H19Cl2NO/c1-15-7-5-6-10-20(15)24-13-17-11-18(22)12-19(23)21(17)25-14-16-8-3-2-4-9-16/h2-12,24H,13-14H2,1H3. The molecule has 0 aliphatic carbocycles. The fourth-order valence-electron chi connectivity index (χ4n) is 2.60. The number of anilines is 1. The van der Waals surface area contributed by atoms with Crippen molar-refractivity contribution in [3.63, 3.8) is 0 Å². The van der Waals surface area contributed by atoms with Gasteiger partial charge in [0, 0.05) is 22.8 Å². The van der Waals surface area contributed by atoms with Crippen molar-refractivity contribution in [2.24, 2.45) is 0 Å². The summed E-state index contributed by atoms with van der Waals surface area (Å²) in [6, 6.07) is 21.7. The molecule has 0 aliphatic rings. The molecule has 128 valence electrons. The summed E-state index contributed by atoms with van der Waals surface area (Å²) in [6.45, 7) is 3.11. The van der Waals surface area contributed by atoms with Gasteiger partial charge in [0.1, 0.15) is 12.4 Å². The fourth-order valence-corrected chi connectivity index (χ4v) is 3.19. The highest BCUT2D eigenvalue weighted by Crippen LogP contribution is 2.33. The molecule has 25 heavy (non-hydrogen) atoms. The third kappa shape index (κ3) is 4.68. The van der Waals surface area contributed by atoms with E-state index in [2.05, 4.69) is 18.3 Å². The Morgan fingerprint density at radius 2 is 1.64 bits per heavy atom. The van der Waals surface area contributed by atoms with Gasteiger partial charge in [-0.05, 0) is 36.2 Å². The van der Waals surface area contributed by atoms with Crippen molar-refractivity contribution in [1.29, 1.82) is 0 Å². The lowest BCUT2D eigenvalue weighted by Crippen LogP contribution is -2.05. The van der Waals surface area contributed by atoms with Gasteiger partial charge >= 0.3 is 0 Å². The summed E-state index contributed by atoms with van der Waals surface area (Å²) in [5, 5.41) is 4.54. The lowest BCUT2D eigenvalue weighted by atomic mass is 10.1. The molecule has 0 heterocycles. The number of benzene rings is 3. The Balaban J connectivity index is 1.79. The Hall–Kier alpha value is -2.16. The number of rotatable bonds is 6. The second kappa shape index (κ2) is 8.28. The smallest absolute Gasteiger partial charge is 0.143 e. The van der Waals surface area contributed by atoms with Crippen molar-refractivity contribution in [2.75, 3.05) is 5.32 Å². The van der Waals surface area contributed by atoms with Crippen LogP contribution >= 0.6 is 23.2 Å². The van der Waals surface area contributed by atoms with Crippen LogP contribution in [0.2, 0.25) is 10.0 Å². The first-order valence-electron chi connectivity index (χ1n) is 8.07. The Morgan fingerprint density at radius 3 is 2.40 bits per heavy atom. The highest BCUT2D eigenvalue weighted by molar-refractivity contribution is 6.35. The van der Waals surface area contributed by atoms with Crippen LogP contribution in [0.1, 0.15) is 16.7 Å². The van der Waals surface area contributed by atoms with Gasteiger partial charge in [-0.25, -0.2) is 0 Å². The van der Waals surface area contributed by atoms with Crippen molar-refractivity contribution < 1.29 is 4.74 Å². The van der Waals surface area contributed by atoms with E-state index in [0.717, 1.165) is 16.8 Å². The van der Waals surface area contributed by atoms with Crippen molar-refractivity contribution in [2.45, 2.75) is 20.1 Å². The molecule has 4 heteroatoms. The largest absolute Gasteiger partial charge is 0.487 e. The molecule has 0 saturated carbocycles. The maximum absolute atomic E-state index is 6.38. The summed E-state index contributed by atoms with van der Waals surface area (Å²) in [4.78, 5) is 0. The van der Waals surface area contributed by atoms with E-state index in [9.17, 15) is 0 Å². The molecule has 3 aromatic rings. The number of ether oxygens (including phenoxy) is 1. The second-order valence-electron chi connectivity index (χ2n) is 5.82. The molecular weight excluding hydrogens is 353 g/mol. The van der Waals surface area contributed by atoms with E-state index in [1.165, 1.54) is 5.56 Å². The Kier molecular flexibility index (Phi) is 5.85. The number of para-hydroxylation sites is 1. The zero-order chi connectivity index (χ0) is 17.6. The summed E-state index contributed by atoms with van der Waals surface area (Å²) in [5.74, 6) is 0.663. The van der Waals surface area contributed by atoms with Gasteiger partial charge in [0.2, 0.25) is 0 Å². The van der Waals surface area contributed by atoms with Gasteiger partial charge in [-0.15, -0.1) is 0 Å². The highest BCUT2D eigenvalue weighted by Gasteiger charge is 2.11. The van der Waals surface area contributed by atoms with Crippen molar-refractivity contribution in [1.82, 2.24) is 0 Å². The predicted molar refractivity (Wildman–Crippen MR) is 106 cm³/mol. The zero-order valence-electron chi connectivity index (χ0n) is 13.9. The third-order valence-electron chi connectivity index (χ3n) is 3.93. The maximum Gasteiger partial charge on any atom is 0.143 e. The van der Waals surface area contributed by atoms with Crippen LogP contribution in [-0.2, 0) is 13.2 Å². The van der Waals surface area contributed by atoms with Crippen LogP contribution in [0.4, 0.5) is 5.69 Å². The number of hydrogen-bond donors (Lipinski definition) is 1. The Morgan fingerprint density at radius 1 is 0.920 bits per heavy atom. The van der Waals surface area contributed by atoms with E-state index in [0.29, 0.717) is 28.9 Å². The highest BCUT2D eigenvalue weighted by atomic mass is 35.5. The lowest BCUT2D eigenvalue weighted by Gasteiger charge is -2.16. The minimum absolute atomic E-state index is 0.458. The summed E-state index contributed by atoms with van der Waals surface area (Å²) in [7, 11) is 0. The molecule has 0 fully saturated rings. The van der Waals surface area contributed by atoms with Crippen molar-refractivity contribution >= 4 is 28.9 Å². The van der Waals surface area contributed by atoms with Crippen LogP contribution in [0.3, 0.4) is 0 Å². The minimum atomic E-state index is 0.458. The van der Waals surface area contributed by atoms with Gasteiger partial charge in [-0.2, -0.15) is 0 Å². The van der Waals surface area contributed by atoms with Gasteiger partial charge in [0.05, 0.1) is 5.02 Å². The molecule has 2 nitrogen and oxygen atoms in total. The van der Waals surface area contributed by atoms with Crippen LogP contribution in [-0.4, -0.2) is 0 Å². The molecule has 0 amide bonds. The molecule has 0 atom stereocenters. The molecule has 0 spiro atoms. The van der Waals surface area contributed by atoms with Gasteiger partial charge in [-0.3, -0.25) is 0 Å². The average Bonchev–Trinajstić information content (AvgIpc) is 2.61. The summed E-state index contributed by atoms with van der Waals surface area (Å²) >= 11 is 12.6. The van der Waals surface area contributed by atoms with Crippen molar-refractivity contribution in [3.05, 3.63) is 93.5 Å². The van der Waals surface area contributed by atoms with Crippen LogP contribution in [0, 0.1) is 6.92 Å². The Bertz CT molecular complexity index is 850. The van der Waals surface area contributed by atoms with E-state index in [1.54, 1.807) is 6.07 Å². The van der Waals surface area contributed by atoms with Crippen molar-refractivity contribution in [3.8, 4) is 5.75 Å². The second-order valence-corrected chi connectivity index (χ2v) is 6.66. The van der Waals surface area contributed by atoms with Gasteiger partial charge < -0.3 is 10.1 Å². The normalized spacial score (nSPS) is 10.5. The van der Waals surface area contributed by atoms with Crippen LogP contribution in [0.5, 0.6) is 5.75 Å². The van der Waals surface area contributed by atoms with Crippen LogP contribution < -0.4 is 10.1 Å². The first-order valence-corrected chi connectivity index (χ1v) is 8.83. The SMILES string of the molecule is Cc1ccccc1NCc1cc(Cl)cc(Cl)c1OCc1ccccc1. The molecule has 0 aliphatic heterocycles. The zero-order valence-corrected chi connectivity index (χ0v) is 15.4. The molecule has 0 bridgehead atoms. The van der Waals surface area contributed by atoms with E-state index < -0.39 is 0 Å². The van der Waals surface area contributed by atoms with Crippen LogP contribution in [0.25, 0.3) is 0 Å². The molecular formula is C21H19Cl2NO. The van der Waals surface area contributed by atoms with Gasteiger partial charge in [-0.1, -0.05) is 71.7 Å². The number of aryl methyl sites for hydroxylation is 1. The van der Waals surface area contributed by atoms with E-state index in [1.807, 2.05) is 54.6 Å². The topological polar surface area (TPSA) is 21.3 Å². The molecule has 0 aromatic heterocycles. The first kappa shape index (κ1) is 17.7. The molecule has 1 N–H and O–H groups in total.